The first kappa shape index (κ1) is 15.4. The van der Waals surface area contributed by atoms with Gasteiger partial charge in [-0.1, -0.05) is 64.5 Å². The summed E-state index contributed by atoms with van der Waals surface area (Å²) < 4.78 is 0.790. The van der Waals surface area contributed by atoms with E-state index in [1.165, 1.54) is 0 Å². The van der Waals surface area contributed by atoms with Crippen molar-refractivity contribution >= 4 is 21.7 Å². The average molecular weight is 348 g/mol. The number of halogens is 1. The number of hydrogen-bond donors (Lipinski definition) is 0. The van der Waals surface area contributed by atoms with Crippen LogP contribution in [0.15, 0.2) is 59.1 Å². The third-order valence-corrected chi connectivity index (χ3v) is 3.96. The van der Waals surface area contributed by atoms with Crippen LogP contribution in [0, 0.1) is 10.1 Å². The van der Waals surface area contributed by atoms with Crippen LogP contribution in [-0.2, 0) is 0 Å². The van der Waals surface area contributed by atoms with Gasteiger partial charge in [0.2, 0.25) is 6.54 Å². The number of benzene rings is 2. The summed E-state index contributed by atoms with van der Waals surface area (Å²) in [6.45, 7) is -0.263. The van der Waals surface area contributed by atoms with Crippen molar-refractivity contribution < 1.29 is 9.72 Å². The van der Waals surface area contributed by atoms with E-state index < -0.39 is 5.92 Å². The zero-order chi connectivity index (χ0) is 15.2. The second kappa shape index (κ2) is 7.13. The third kappa shape index (κ3) is 4.23. The molecule has 0 fully saturated rings. The number of Topliss-reactive ketones (excluding diaryl/α,β-unsaturated/α-hetero) is 1. The average Bonchev–Trinajstić information content (AvgIpc) is 2.47. The molecule has 0 saturated carbocycles. The molecule has 108 valence electrons. The lowest BCUT2D eigenvalue weighted by Crippen LogP contribution is -2.17. The van der Waals surface area contributed by atoms with E-state index in [1.54, 1.807) is 24.3 Å². The van der Waals surface area contributed by atoms with E-state index in [-0.39, 0.29) is 23.7 Å². The van der Waals surface area contributed by atoms with Crippen LogP contribution < -0.4 is 0 Å². The molecule has 0 unspecified atom stereocenters. The van der Waals surface area contributed by atoms with E-state index in [4.69, 9.17) is 0 Å². The first-order valence-electron chi connectivity index (χ1n) is 6.52. The molecule has 4 nitrogen and oxygen atoms in total. The molecule has 0 saturated heterocycles. The maximum Gasteiger partial charge on any atom is 0.211 e. The highest BCUT2D eigenvalue weighted by molar-refractivity contribution is 9.10. The smallest absolute Gasteiger partial charge is 0.211 e. The minimum atomic E-state index is -0.441. The molecule has 2 rings (SSSR count). The molecule has 0 aromatic heterocycles. The van der Waals surface area contributed by atoms with Crippen LogP contribution in [0.2, 0.25) is 0 Å². The van der Waals surface area contributed by atoms with Gasteiger partial charge in [-0.15, -0.1) is 0 Å². The number of hydrogen-bond acceptors (Lipinski definition) is 3. The van der Waals surface area contributed by atoms with Crippen LogP contribution in [0.5, 0.6) is 0 Å². The van der Waals surface area contributed by atoms with Gasteiger partial charge in [0.05, 0.1) is 5.92 Å². The molecule has 0 spiro atoms. The fraction of sp³-hybridized carbons (Fsp3) is 0.188. The Kier molecular flexibility index (Phi) is 5.22. The van der Waals surface area contributed by atoms with Crippen LogP contribution in [0.25, 0.3) is 0 Å². The van der Waals surface area contributed by atoms with Gasteiger partial charge in [-0.3, -0.25) is 14.9 Å². The summed E-state index contributed by atoms with van der Waals surface area (Å²) in [5, 5.41) is 10.9. The van der Waals surface area contributed by atoms with Crippen molar-refractivity contribution in [2.24, 2.45) is 0 Å². The Morgan fingerprint density at radius 2 is 1.71 bits per heavy atom. The number of nitrogens with zero attached hydrogens (tertiary/aromatic N) is 1. The van der Waals surface area contributed by atoms with Crippen molar-refractivity contribution in [1.29, 1.82) is 0 Å². The highest BCUT2D eigenvalue weighted by Gasteiger charge is 2.23. The highest BCUT2D eigenvalue weighted by atomic mass is 79.9. The Hall–Kier alpha value is -2.01. The van der Waals surface area contributed by atoms with Crippen molar-refractivity contribution in [3.63, 3.8) is 0 Å². The van der Waals surface area contributed by atoms with Gasteiger partial charge >= 0.3 is 0 Å². The molecule has 0 heterocycles. The second-order valence-electron chi connectivity index (χ2n) is 4.73. The fourth-order valence-electron chi connectivity index (χ4n) is 2.22. The molecule has 21 heavy (non-hydrogen) atoms. The number of carbonyl (C=O) groups excluding carboxylic acids is 1. The van der Waals surface area contributed by atoms with Crippen molar-refractivity contribution in [3.8, 4) is 0 Å². The van der Waals surface area contributed by atoms with Crippen LogP contribution in [-0.4, -0.2) is 17.3 Å². The van der Waals surface area contributed by atoms with Crippen LogP contribution in [0.1, 0.15) is 28.3 Å². The van der Waals surface area contributed by atoms with E-state index >= 15 is 0 Å². The van der Waals surface area contributed by atoms with Gasteiger partial charge in [0.1, 0.15) is 0 Å². The topological polar surface area (TPSA) is 60.2 Å². The second-order valence-corrected chi connectivity index (χ2v) is 5.58. The van der Waals surface area contributed by atoms with Gasteiger partial charge in [0.25, 0.3) is 0 Å². The predicted molar refractivity (Wildman–Crippen MR) is 84.1 cm³/mol. The first-order chi connectivity index (χ1) is 10.1. The quantitative estimate of drug-likeness (QED) is 0.449. The Balaban J connectivity index is 2.23. The summed E-state index contributed by atoms with van der Waals surface area (Å²) in [6, 6.07) is 16.2. The summed E-state index contributed by atoms with van der Waals surface area (Å²) in [7, 11) is 0. The molecule has 0 aliphatic rings. The minimum Gasteiger partial charge on any atom is -0.294 e. The molecular formula is C16H14BrNO3. The Morgan fingerprint density at radius 3 is 2.33 bits per heavy atom. The van der Waals surface area contributed by atoms with Crippen molar-refractivity contribution in [3.05, 3.63) is 80.3 Å². The van der Waals surface area contributed by atoms with Crippen LogP contribution in [0.4, 0.5) is 0 Å². The van der Waals surface area contributed by atoms with Gasteiger partial charge in [-0.25, -0.2) is 0 Å². The van der Waals surface area contributed by atoms with E-state index in [2.05, 4.69) is 15.9 Å². The predicted octanol–water partition coefficient (Wildman–Crippen LogP) is 4.08. The van der Waals surface area contributed by atoms with Gasteiger partial charge in [0.15, 0.2) is 5.78 Å². The van der Waals surface area contributed by atoms with Gasteiger partial charge in [0, 0.05) is 21.4 Å². The maximum absolute atomic E-state index is 12.3. The van der Waals surface area contributed by atoms with E-state index in [0.717, 1.165) is 10.0 Å². The first-order valence-corrected chi connectivity index (χ1v) is 7.31. The summed E-state index contributed by atoms with van der Waals surface area (Å²) in [5.74, 6) is -0.526. The van der Waals surface area contributed by atoms with Crippen molar-refractivity contribution in [2.45, 2.75) is 12.3 Å². The molecule has 5 heteroatoms. The van der Waals surface area contributed by atoms with Gasteiger partial charge in [-0.2, -0.15) is 0 Å². The summed E-state index contributed by atoms with van der Waals surface area (Å²) in [6.07, 6.45) is 0.119. The largest absolute Gasteiger partial charge is 0.294 e. The number of carbonyl (C=O) groups is 1. The minimum absolute atomic E-state index is 0.0850. The summed E-state index contributed by atoms with van der Waals surface area (Å²) in [4.78, 5) is 22.8. The zero-order valence-electron chi connectivity index (χ0n) is 11.2. The molecule has 0 amide bonds. The lowest BCUT2D eigenvalue weighted by molar-refractivity contribution is -0.483. The molecule has 1 atom stereocenters. The monoisotopic (exact) mass is 347 g/mol. The summed E-state index contributed by atoms with van der Waals surface area (Å²) >= 11 is 3.40. The van der Waals surface area contributed by atoms with E-state index in [1.807, 2.05) is 30.3 Å². The third-order valence-electron chi connectivity index (χ3n) is 3.24. The summed E-state index contributed by atoms with van der Waals surface area (Å²) in [5.41, 5.74) is 1.37. The van der Waals surface area contributed by atoms with Crippen molar-refractivity contribution in [2.75, 3.05) is 6.54 Å². The van der Waals surface area contributed by atoms with Crippen LogP contribution in [0.3, 0.4) is 0 Å². The maximum atomic E-state index is 12.3. The lowest BCUT2D eigenvalue weighted by Gasteiger charge is -2.14. The lowest BCUT2D eigenvalue weighted by atomic mass is 9.91. The molecule has 0 radical (unpaired) electrons. The number of ketones is 1. The standard InChI is InChI=1S/C16H14BrNO3/c17-15-9-5-4-8-14(15)13(11-18(20)21)10-16(19)12-6-2-1-3-7-12/h1-9,13H,10-11H2/t13-/m0/s1. The molecule has 0 N–H and O–H groups in total. The molecule has 0 aliphatic carbocycles. The molecule has 2 aromatic carbocycles. The highest BCUT2D eigenvalue weighted by Crippen LogP contribution is 2.28. The van der Waals surface area contributed by atoms with E-state index in [0.29, 0.717) is 5.56 Å². The van der Waals surface area contributed by atoms with Crippen LogP contribution >= 0.6 is 15.9 Å². The van der Waals surface area contributed by atoms with Crippen molar-refractivity contribution in [1.82, 2.24) is 0 Å². The van der Waals surface area contributed by atoms with Gasteiger partial charge in [-0.05, 0) is 11.6 Å². The SMILES string of the molecule is O=C(C[C@@H](C[N+](=O)[O-])c1ccccc1Br)c1ccccc1. The molecular weight excluding hydrogens is 334 g/mol. The van der Waals surface area contributed by atoms with Gasteiger partial charge < -0.3 is 0 Å². The fourth-order valence-corrected chi connectivity index (χ4v) is 2.83. The Labute approximate surface area is 131 Å². The Bertz CT molecular complexity index is 643. The number of nitro groups is 1. The molecule has 2 aromatic rings. The number of rotatable bonds is 6. The van der Waals surface area contributed by atoms with E-state index in [9.17, 15) is 14.9 Å². The molecule has 0 aliphatic heterocycles. The normalized spacial score (nSPS) is 11.9. The molecule has 0 bridgehead atoms. The Morgan fingerprint density at radius 1 is 1.10 bits per heavy atom. The zero-order valence-corrected chi connectivity index (χ0v) is 12.8.